The summed E-state index contributed by atoms with van der Waals surface area (Å²) < 4.78 is 50.9. The highest BCUT2D eigenvalue weighted by Crippen LogP contribution is 2.30. The molecule has 1 aromatic rings. The standard InChI is InChI=1S/C13H15F4NO2/c1-2-18(4-3-12(19)20)8-9-5-10(13(15,16)17)7-11(14)6-9/h5-7H,2-4,8H2,1H3,(H,19,20). The molecule has 1 aromatic carbocycles. The van der Waals surface area contributed by atoms with E-state index in [0.29, 0.717) is 12.6 Å². The molecule has 0 fully saturated rings. The van der Waals surface area contributed by atoms with Crippen LogP contribution in [-0.2, 0) is 17.5 Å². The van der Waals surface area contributed by atoms with Crippen LogP contribution in [0.25, 0.3) is 0 Å². The molecule has 112 valence electrons. The average Bonchev–Trinajstić information content (AvgIpc) is 2.32. The lowest BCUT2D eigenvalue weighted by Crippen LogP contribution is -2.26. The number of carbonyl (C=O) groups is 1. The fourth-order valence-corrected chi connectivity index (χ4v) is 1.77. The van der Waals surface area contributed by atoms with E-state index in [-0.39, 0.29) is 25.1 Å². The van der Waals surface area contributed by atoms with Crippen molar-refractivity contribution in [1.82, 2.24) is 4.90 Å². The van der Waals surface area contributed by atoms with Gasteiger partial charge in [0.15, 0.2) is 0 Å². The second-order valence-electron chi connectivity index (χ2n) is 4.36. The molecule has 0 saturated heterocycles. The molecule has 1 rings (SSSR count). The van der Waals surface area contributed by atoms with E-state index in [1.807, 2.05) is 0 Å². The second kappa shape index (κ2) is 6.69. The first-order chi connectivity index (χ1) is 9.22. The summed E-state index contributed by atoms with van der Waals surface area (Å²) in [5.41, 5.74) is -0.869. The Morgan fingerprint density at radius 3 is 2.45 bits per heavy atom. The Morgan fingerprint density at radius 1 is 1.30 bits per heavy atom. The van der Waals surface area contributed by atoms with E-state index in [9.17, 15) is 22.4 Å². The minimum Gasteiger partial charge on any atom is -0.481 e. The highest BCUT2D eigenvalue weighted by molar-refractivity contribution is 5.66. The van der Waals surface area contributed by atoms with Crippen molar-refractivity contribution < 1.29 is 27.5 Å². The fraction of sp³-hybridized carbons (Fsp3) is 0.462. The van der Waals surface area contributed by atoms with Gasteiger partial charge < -0.3 is 5.11 Å². The number of halogens is 4. The quantitative estimate of drug-likeness (QED) is 0.819. The fourth-order valence-electron chi connectivity index (χ4n) is 1.77. The molecule has 0 unspecified atom stereocenters. The third-order valence-corrected chi connectivity index (χ3v) is 2.78. The van der Waals surface area contributed by atoms with Crippen LogP contribution in [0.1, 0.15) is 24.5 Å². The van der Waals surface area contributed by atoms with Crippen LogP contribution in [0.15, 0.2) is 18.2 Å². The number of rotatable bonds is 6. The van der Waals surface area contributed by atoms with Crippen LogP contribution in [0.4, 0.5) is 17.6 Å². The van der Waals surface area contributed by atoms with Crippen LogP contribution in [0.3, 0.4) is 0 Å². The maximum atomic E-state index is 13.2. The molecule has 0 aliphatic rings. The van der Waals surface area contributed by atoms with Gasteiger partial charge in [-0.15, -0.1) is 0 Å². The molecule has 0 saturated carbocycles. The summed E-state index contributed by atoms with van der Waals surface area (Å²) in [6, 6.07) is 2.35. The van der Waals surface area contributed by atoms with Crippen molar-refractivity contribution in [2.24, 2.45) is 0 Å². The zero-order valence-corrected chi connectivity index (χ0v) is 10.9. The van der Waals surface area contributed by atoms with Crippen LogP contribution in [0.2, 0.25) is 0 Å². The molecule has 7 heteroatoms. The molecule has 0 bridgehead atoms. The van der Waals surface area contributed by atoms with Crippen molar-refractivity contribution in [2.75, 3.05) is 13.1 Å². The predicted molar refractivity (Wildman–Crippen MR) is 64.6 cm³/mol. The van der Waals surface area contributed by atoms with E-state index >= 15 is 0 Å². The summed E-state index contributed by atoms with van der Waals surface area (Å²) in [5.74, 6) is -1.94. The molecule has 20 heavy (non-hydrogen) atoms. The number of carboxylic acids is 1. The van der Waals surface area contributed by atoms with Crippen LogP contribution < -0.4 is 0 Å². The molecule has 0 radical (unpaired) electrons. The summed E-state index contributed by atoms with van der Waals surface area (Å²) in [4.78, 5) is 12.1. The minimum absolute atomic E-state index is 0.0740. The number of carboxylic acid groups (broad SMARTS) is 1. The maximum absolute atomic E-state index is 13.2. The van der Waals surface area contributed by atoms with E-state index in [1.165, 1.54) is 0 Å². The lowest BCUT2D eigenvalue weighted by Gasteiger charge is -2.20. The van der Waals surface area contributed by atoms with Gasteiger partial charge in [0.25, 0.3) is 0 Å². The van der Waals surface area contributed by atoms with Crippen molar-refractivity contribution >= 4 is 5.97 Å². The van der Waals surface area contributed by atoms with Gasteiger partial charge in [0, 0.05) is 13.1 Å². The number of alkyl halides is 3. The Labute approximate surface area is 113 Å². The van der Waals surface area contributed by atoms with E-state index in [2.05, 4.69) is 0 Å². The first-order valence-corrected chi connectivity index (χ1v) is 6.03. The minimum atomic E-state index is -4.60. The zero-order valence-electron chi connectivity index (χ0n) is 10.9. The Bertz CT molecular complexity index is 474. The van der Waals surface area contributed by atoms with E-state index in [0.717, 1.165) is 12.1 Å². The Morgan fingerprint density at radius 2 is 1.95 bits per heavy atom. The third kappa shape index (κ3) is 5.16. The van der Waals surface area contributed by atoms with E-state index < -0.39 is 23.5 Å². The maximum Gasteiger partial charge on any atom is 0.416 e. The van der Waals surface area contributed by atoms with Crippen molar-refractivity contribution in [2.45, 2.75) is 26.1 Å². The molecule has 0 amide bonds. The van der Waals surface area contributed by atoms with Crippen LogP contribution in [-0.4, -0.2) is 29.1 Å². The largest absolute Gasteiger partial charge is 0.481 e. The van der Waals surface area contributed by atoms with Crippen LogP contribution >= 0.6 is 0 Å². The molecule has 0 aliphatic heterocycles. The van der Waals surface area contributed by atoms with E-state index in [1.54, 1.807) is 11.8 Å². The molecule has 1 N–H and O–H groups in total. The molecule has 0 atom stereocenters. The number of hydrogen-bond acceptors (Lipinski definition) is 2. The Hall–Kier alpha value is -1.63. The lowest BCUT2D eigenvalue weighted by molar-refractivity contribution is -0.138. The first-order valence-electron chi connectivity index (χ1n) is 6.03. The monoisotopic (exact) mass is 293 g/mol. The van der Waals surface area contributed by atoms with Crippen molar-refractivity contribution in [3.8, 4) is 0 Å². The summed E-state index contributed by atoms with van der Waals surface area (Å²) in [5, 5.41) is 8.58. The summed E-state index contributed by atoms with van der Waals surface area (Å²) in [6.45, 7) is 2.49. The highest BCUT2D eigenvalue weighted by atomic mass is 19.4. The van der Waals surface area contributed by atoms with Gasteiger partial charge in [-0.25, -0.2) is 4.39 Å². The molecule has 0 heterocycles. The van der Waals surface area contributed by atoms with Crippen LogP contribution in [0.5, 0.6) is 0 Å². The topological polar surface area (TPSA) is 40.5 Å². The second-order valence-corrected chi connectivity index (χ2v) is 4.36. The number of hydrogen-bond donors (Lipinski definition) is 1. The molecular weight excluding hydrogens is 278 g/mol. The van der Waals surface area contributed by atoms with Gasteiger partial charge in [0.2, 0.25) is 0 Å². The van der Waals surface area contributed by atoms with Gasteiger partial charge in [-0.2, -0.15) is 13.2 Å². The van der Waals surface area contributed by atoms with Gasteiger partial charge in [0.05, 0.1) is 12.0 Å². The summed E-state index contributed by atoms with van der Waals surface area (Å²) >= 11 is 0. The molecule has 0 aliphatic carbocycles. The van der Waals surface area contributed by atoms with Gasteiger partial charge >= 0.3 is 12.1 Å². The van der Waals surface area contributed by atoms with Crippen molar-refractivity contribution in [3.63, 3.8) is 0 Å². The summed E-state index contributed by atoms with van der Waals surface area (Å²) in [7, 11) is 0. The SMILES string of the molecule is CCN(CCC(=O)O)Cc1cc(F)cc(C(F)(F)F)c1. The first kappa shape index (κ1) is 16.4. The van der Waals surface area contributed by atoms with Gasteiger partial charge in [-0.3, -0.25) is 9.69 Å². The Kier molecular flexibility index (Phi) is 5.50. The summed E-state index contributed by atoms with van der Waals surface area (Å²) in [6.07, 6.45) is -4.72. The highest BCUT2D eigenvalue weighted by Gasteiger charge is 2.31. The average molecular weight is 293 g/mol. The number of aliphatic carboxylic acids is 1. The smallest absolute Gasteiger partial charge is 0.416 e. The van der Waals surface area contributed by atoms with Gasteiger partial charge in [-0.05, 0) is 30.3 Å². The lowest BCUT2D eigenvalue weighted by atomic mass is 10.1. The van der Waals surface area contributed by atoms with Crippen molar-refractivity contribution in [1.29, 1.82) is 0 Å². The van der Waals surface area contributed by atoms with Gasteiger partial charge in [-0.1, -0.05) is 6.92 Å². The number of benzene rings is 1. The molecule has 3 nitrogen and oxygen atoms in total. The predicted octanol–water partition coefficient (Wildman–Crippen LogP) is 3.14. The van der Waals surface area contributed by atoms with E-state index in [4.69, 9.17) is 5.11 Å². The molecule has 0 aromatic heterocycles. The molecular formula is C13H15F4NO2. The third-order valence-electron chi connectivity index (χ3n) is 2.78. The van der Waals surface area contributed by atoms with Crippen LogP contribution in [0, 0.1) is 5.82 Å². The van der Waals surface area contributed by atoms with Crippen molar-refractivity contribution in [3.05, 3.63) is 35.1 Å². The zero-order chi connectivity index (χ0) is 15.3. The normalized spacial score (nSPS) is 11.9. The number of nitrogens with zero attached hydrogens (tertiary/aromatic N) is 1. The van der Waals surface area contributed by atoms with Gasteiger partial charge in [0.1, 0.15) is 5.82 Å². The molecule has 0 spiro atoms. The Balaban J connectivity index is 2.85.